The van der Waals surface area contributed by atoms with E-state index in [1.54, 1.807) is 29.8 Å². The number of anilines is 2. The average molecular weight is 361 g/mol. The smallest absolute Gasteiger partial charge is 0.238 e. The third-order valence-electron chi connectivity index (χ3n) is 3.32. The van der Waals surface area contributed by atoms with Crippen LogP contribution in [-0.2, 0) is 9.59 Å². The first kappa shape index (κ1) is 19.0. The van der Waals surface area contributed by atoms with Crippen LogP contribution >= 0.6 is 11.8 Å². The maximum Gasteiger partial charge on any atom is 0.238 e. The highest BCUT2D eigenvalue weighted by molar-refractivity contribution is 7.98. The summed E-state index contributed by atoms with van der Waals surface area (Å²) in [6.45, 7) is 0.0907. The minimum atomic E-state index is -0.419. The number of benzene rings is 2. The molecule has 0 aliphatic carbocycles. The number of rotatable bonds is 7. The van der Waals surface area contributed by atoms with Crippen LogP contribution in [0.1, 0.15) is 0 Å². The number of likely N-dealkylation sites (N-methyl/N-ethyl adjacent to an activating group) is 1. The van der Waals surface area contributed by atoms with Gasteiger partial charge in [0.15, 0.2) is 0 Å². The van der Waals surface area contributed by atoms with Crippen LogP contribution in [0.5, 0.6) is 0 Å². The summed E-state index contributed by atoms with van der Waals surface area (Å²) in [6.07, 6.45) is 1.94. The molecule has 0 aromatic heterocycles. The molecule has 0 unspecified atom stereocenters. The summed E-state index contributed by atoms with van der Waals surface area (Å²) in [5.41, 5.74) is 1.13. The molecular formula is C18H20FN3O2S. The van der Waals surface area contributed by atoms with E-state index in [0.29, 0.717) is 5.69 Å². The highest BCUT2D eigenvalue weighted by Gasteiger charge is 2.12. The SMILES string of the molecule is CSc1ccccc1NC(=O)CN(C)CC(=O)Nc1cccc(F)c1. The van der Waals surface area contributed by atoms with Gasteiger partial charge in [0.25, 0.3) is 0 Å². The van der Waals surface area contributed by atoms with Crippen molar-refractivity contribution in [2.75, 3.05) is 37.0 Å². The Hall–Kier alpha value is -2.38. The third-order valence-corrected chi connectivity index (χ3v) is 4.11. The van der Waals surface area contributed by atoms with Gasteiger partial charge in [-0.1, -0.05) is 18.2 Å². The van der Waals surface area contributed by atoms with Crippen LogP contribution in [0.4, 0.5) is 15.8 Å². The van der Waals surface area contributed by atoms with E-state index in [1.165, 1.54) is 18.2 Å². The molecular weight excluding hydrogens is 341 g/mol. The lowest BCUT2D eigenvalue weighted by molar-refractivity contribution is -0.119. The molecule has 0 bridgehead atoms. The van der Waals surface area contributed by atoms with E-state index in [-0.39, 0.29) is 24.9 Å². The van der Waals surface area contributed by atoms with Crippen molar-refractivity contribution in [1.29, 1.82) is 0 Å². The van der Waals surface area contributed by atoms with E-state index in [0.717, 1.165) is 10.6 Å². The molecule has 2 aromatic rings. The first-order valence-electron chi connectivity index (χ1n) is 7.65. The Labute approximate surface area is 150 Å². The molecule has 0 saturated carbocycles. The molecule has 2 aromatic carbocycles. The molecule has 0 saturated heterocycles. The Kier molecular flexibility index (Phi) is 6.97. The van der Waals surface area contributed by atoms with Crippen molar-refractivity contribution < 1.29 is 14.0 Å². The van der Waals surface area contributed by atoms with Crippen LogP contribution in [0.25, 0.3) is 0 Å². The number of nitrogens with one attached hydrogen (secondary N) is 2. The average Bonchev–Trinajstić information content (AvgIpc) is 2.54. The number of amides is 2. The van der Waals surface area contributed by atoms with Crippen LogP contribution < -0.4 is 10.6 Å². The van der Waals surface area contributed by atoms with Gasteiger partial charge in [0.1, 0.15) is 5.82 Å². The normalized spacial score (nSPS) is 10.6. The molecule has 25 heavy (non-hydrogen) atoms. The third kappa shape index (κ3) is 6.21. The molecule has 2 N–H and O–H groups in total. The molecule has 0 fully saturated rings. The summed E-state index contributed by atoms with van der Waals surface area (Å²) in [6, 6.07) is 13.2. The number of hydrogen-bond donors (Lipinski definition) is 2. The number of hydrogen-bond acceptors (Lipinski definition) is 4. The topological polar surface area (TPSA) is 61.4 Å². The molecule has 0 atom stereocenters. The van der Waals surface area contributed by atoms with Crippen molar-refractivity contribution in [2.45, 2.75) is 4.90 Å². The number of carbonyl (C=O) groups excluding carboxylic acids is 2. The first-order chi connectivity index (χ1) is 12.0. The molecule has 5 nitrogen and oxygen atoms in total. The Morgan fingerprint density at radius 1 is 1.04 bits per heavy atom. The lowest BCUT2D eigenvalue weighted by Gasteiger charge is -2.16. The van der Waals surface area contributed by atoms with Crippen molar-refractivity contribution >= 4 is 35.0 Å². The summed E-state index contributed by atoms with van der Waals surface area (Å²) >= 11 is 1.55. The van der Waals surface area contributed by atoms with Gasteiger partial charge in [-0.3, -0.25) is 14.5 Å². The van der Waals surface area contributed by atoms with Crippen molar-refractivity contribution in [3.8, 4) is 0 Å². The Balaban J connectivity index is 1.83. The first-order valence-corrected chi connectivity index (χ1v) is 8.87. The second-order valence-corrected chi connectivity index (χ2v) is 6.33. The molecule has 0 radical (unpaired) electrons. The minimum Gasteiger partial charge on any atom is -0.325 e. The zero-order valence-electron chi connectivity index (χ0n) is 14.1. The lowest BCUT2D eigenvalue weighted by Crippen LogP contribution is -2.36. The molecule has 7 heteroatoms. The zero-order valence-corrected chi connectivity index (χ0v) is 14.9. The van der Waals surface area contributed by atoms with Crippen LogP contribution in [0, 0.1) is 5.82 Å². The molecule has 0 aliphatic heterocycles. The number of carbonyl (C=O) groups is 2. The molecule has 132 valence electrons. The van der Waals surface area contributed by atoms with Crippen molar-refractivity contribution in [1.82, 2.24) is 4.90 Å². The highest BCUT2D eigenvalue weighted by Crippen LogP contribution is 2.24. The van der Waals surface area contributed by atoms with Crippen LogP contribution in [0.3, 0.4) is 0 Å². The predicted octanol–water partition coefficient (Wildman–Crippen LogP) is 3.06. The molecule has 0 heterocycles. The Bertz CT molecular complexity index is 755. The molecule has 2 rings (SSSR count). The predicted molar refractivity (Wildman–Crippen MR) is 99.4 cm³/mol. The number of nitrogens with zero attached hydrogens (tertiary/aromatic N) is 1. The van der Waals surface area contributed by atoms with Crippen molar-refractivity contribution in [2.24, 2.45) is 0 Å². The van der Waals surface area contributed by atoms with Gasteiger partial charge in [0.2, 0.25) is 11.8 Å². The Morgan fingerprint density at radius 2 is 1.72 bits per heavy atom. The number of thioether (sulfide) groups is 1. The summed E-state index contributed by atoms with van der Waals surface area (Å²) < 4.78 is 13.1. The van der Waals surface area contributed by atoms with E-state index >= 15 is 0 Å². The van der Waals surface area contributed by atoms with Gasteiger partial charge >= 0.3 is 0 Å². The number of halogens is 1. The van der Waals surface area contributed by atoms with E-state index in [2.05, 4.69) is 10.6 Å². The second kappa shape index (κ2) is 9.19. The van der Waals surface area contributed by atoms with Gasteiger partial charge in [0, 0.05) is 10.6 Å². The summed E-state index contributed by atoms with van der Waals surface area (Å²) in [7, 11) is 1.67. The van der Waals surface area contributed by atoms with Crippen LogP contribution in [0.15, 0.2) is 53.4 Å². The van der Waals surface area contributed by atoms with Gasteiger partial charge < -0.3 is 10.6 Å². The van der Waals surface area contributed by atoms with E-state index in [9.17, 15) is 14.0 Å². The molecule has 2 amide bonds. The summed E-state index contributed by atoms with van der Waals surface area (Å²) in [4.78, 5) is 26.7. The molecule has 0 aliphatic rings. The quantitative estimate of drug-likeness (QED) is 0.744. The van der Waals surface area contributed by atoms with E-state index in [4.69, 9.17) is 0 Å². The largest absolute Gasteiger partial charge is 0.325 e. The van der Waals surface area contributed by atoms with Crippen LogP contribution in [0.2, 0.25) is 0 Å². The highest BCUT2D eigenvalue weighted by atomic mass is 32.2. The standard InChI is InChI=1S/C18H20FN3O2S/c1-22(11-17(23)20-14-7-5-6-13(19)10-14)12-18(24)21-15-8-3-4-9-16(15)25-2/h3-10H,11-12H2,1-2H3,(H,20,23)(H,21,24). The van der Waals surface area contributed by atoms with Gasteiger partial charge in [-0.2, -0.15) is 0 Å². The summed E-state index contributed by atoms with van der Waals surface area (Å²) in [5.74, 6) is -0.939. The van der Waals surface area contributed by atoms with Gasteiger partial charge in [0.05, 0.1) is 18.8 Å². The van der Waals surface area contributed by atoms with E-state index in [1.807, 2.05) is 30.5 Å². The monoisotopic (exact) mass is 361 g/mol. The second-order valence-electron chi connectivity index (χ2n) is 5.48. The molecule has 0 spiro atoms. The van der Waals surface area contributed by atoms with Gasteiger partial charge in [-0.25, -0.2) is 4.39 Å². The van der Waals surface area contributed by atoms with Gasteiger partial charge in [-0.15, -0.1) is 11.8 Å². The van der Waals surface area contributed by atoms with E-state index < -0.39 is 5.82 Å². The fourth-order valence-electron chi connectivity index (χ4n) is 2.25. The summed E-state index contributed by atoms with van der Waals surface area (Å²) in [5, 5.41) is 5.44. The minimum absolute atomic E-state index is 0.0219. The zero-order chi connectivity index (χ0) is 18.2. The number of para-hydroxylation sites is 1. The maximum absolute atomic E-state index is 13.1. The fraction of sp³-hybridized carbons (Fsp3) is 0.222. The van der Waals surface area contributed by atoms with Gasteiger partial charge in [-0.05, 0) is 43.6 Å². The Morgan fingerprint density at radius 3 is 2.40 bits per heavy atom. The lowest BCUT2D eigenvalue weighted by atomic mass is 10.3. The fourth-order valence-corrected chi connectivity index (χ4v) is 2.80. The van der Waals surface area contributed by atoms with Crippen LogP contribution in [-0.4, -0.2) is 43.1 Å². The maximum atomic E-state index is 13.1. The van der Waals surface area contributed by atoms with Crippen molar-refractivity contribution in [3.05, 3.63) is 54.3 Å². The van der Waals surface area contributed by atoms with Crippen molar-refractivity contribution in [3.63, 3.8) is 0 Å².